The van der Waals surface area contributed by atoms with Gasteiger partial charge in [0.05, 0.1) is 18.1 Å². The summed E-state index contributed by atoms with van der Waals surface area (Å²) >= 11 is 6.70. The Morgan fingerprint density at radius 3 is 2.72 bits per heavy atom. The van der Waals surface area contributed by atoms with Gasteiger partial charge in [-0.25, -0.2) is 4.68 Å². The molecule has 0 N–H and O–H groups in total. The Morgan fingerprint density at radius 2 is 2.20 bits per heavy atom. The number of thioether (sulfide) groups is 1. The molecule has 25 heavy (non-hydrogen) atoms. The zero-order valence-corrected chi connectivity index (χ0v) is 15.1. The molecule has 0 spiro atoms. The zero-order chi connectivity index (χ0) is 18.6. The van der Waals surface area contributed by atoms with Gasteiger partial charge < -0.3 is 4.90 Å². The second kappa shape index (κ2) is 8.09. The third kappa shape index (κ3) is 4.66. The molecule has 1 amide bonds. The highest BCUT2D eigenvalue weighted by molar-refractivity contribution is 7.99. The molecule has 0 aromatic carbocycles. The van der Waals surface area contributed by atoms with Crippen molar-refractivity contribution in [2.75, 3.05) is 17.7 Å². The molecule has 1 unspecified atom stereocenters. The maximum Gasteiger partial charge on any atom is 0.401 e. The maximum absolute atomic E-state index is 12.9. The van der Waals surface area contributed by atoms with Crippen LogP contribution in [0.5, 0.6) is 0 Å². The predicted molar refractivity (Wildman–Crippen MR) is 92.4 cm³/mol. The lowest BCUT2D eigenvalue weighted by atomic mass is 10.2. The lowest BCUT2D eigenvalue weighted by Crippen LogP contribution is -2.37. The van der Waals surface area contributed by atoms with Crippen LogP contribution in [-0.4, -0.2) is 44.9 Å². The number of pyridine rings is 1. The van der Waals surface area contributed by atoms with Crippen molar-refractivity contribution in [3.8, 4) is 5.69 Å². The second-order valence-electron chi connectivity index (χ2n) is 5.07. The van der Waals surface area contributed by atoms with Gasteiger partial charge in [0, 0.05) is 19.2 Å². The summed E-state index contributed by atoms with van der Waals surface area (Å²) in [6.45, 7) is 1.84. The van der Waals surface area contributed by atoms with Gasteiger partial charge in [-0.05, 0) is 25.3 Å². The molecule has 0 radical (unpaired) electrons. The normalized spacial score (nSPS) is 12.9. The van der Waals surface area contributed by atoms with Crippen molar-refractivity contribution in [3.63, 3.8) is 0 Å². The summed E-state index contributed by atoms with van der Waals surface area (Å²) in [5.41, 5.74) is 0.886. The van der Waals surface area contributed by atoms with Crippen molar-refractivity contribution >= 4 is 35.0 Å². The van der Waals surface area contributed by atoms with Crippen LogP contribution in [0.1, 0.15) is 13.3 Å². The van der Waals surface area contributed by atoms with Gasteiger partial charge in [-0.1, -0.05) is 11.6 Å². The van der Waals surface area contributed by atoms with Crippen LogP contribution in [0.25, 0.3) is 5.69 Å². The minimum atomic E-state index is -4.45. The van der Waals surface area contributed by atoms with Crippen LogP contribution in [0.15, 0.2) is 30.7 Å². The molecule has 0 aliphatic heterocycles. The highest BCUT2D eigenvalue weighted by atomic mass is 35.5. The fraction of sp³-hybridized carbons (Fsp3) is 0.400. The Labute approximate surface area is 152 Å². The SMILES string of the molecule is CCN(C(=O)CC(SC)C(F)(F)F)c1cn(-c2cccnc2)nc1Cl. The first-order valence-corrected chi connectivity index (χ1v) is 9.00. The van der Waals surface area contributed by atoms with Crippen molar-refractivity contribution in [2.24, 2.45) is 0 Å². The van der Waals surface area contributed by atoms with E-state index in [1.54, 1.807) is 31.5 Å². The minimum absolute atomic E-state index is 0.0340. The number of aromatic nitrogens is 3. The summed E-state index contributed by atoms with van der Waals surface area (Å²) in [6, 6.07) is 3.45. The van der Waals surface area contributed by atoms with Crippen molar-refractivity contribution < 1.29 is 18.0 Å². The standard InChI is InChI=1S/C15H16ClF3N4OS/c1-3-22(13(24)7-12(25-2)15(17,18)19)11-9-23(21-14(11)16)10-5-4-6-20-8-10/h4-6,8-9,12H,3,7H2,1-2H3. The minimum Gasteiger partial charge on any atom is -0.308 e. The Morgan fingerprint density at radius 1 is 1.48 bits per heavy atom. The molecule has 2 rings (SSSR count). The first-order valence-electron chi connectivity index (χ1n) is 7.33. The second-order valence-corrected chi connectivity index (χ2v) is 6.47. The first kappa shape index (κ1) is 19.6. The molecular formula is C15H16ClF3N4OS. The van der Waals surface area contributed by atoms with E-state index in [1.165, 1.54) is 22.0 Å². The Hall–Kier alpha value is -1.74. The van der Waals surface area contributed by atoms with Gasteiger partial charge in [0.25, 0.3) is 0 Å². The van der Waals surface area contributed by atoms with E-state index in [-0.39, 0.29) is 17.4 Å². The van der Waals surface area contributed by atoms with Gasteiger partial charge in [-0.15, -0.1) is 0 Å². The van der Waals surface area contributed by atoms with Crippen molar-refractivity contribution in [1.29, 1.82) is 0 Å². The molecule has 2 aromatic heterocycles. The lowest BCUT2D eigenvalue weighted by molar-refractivity contribution is -0.138. The lowest BCUT2D eigenvalue weighted by Gasteiger charge is -2.23. The third-order valence-electron chi connectivity index (χ3n) is 3.48. The first-order chi connectivity index (χ1) is 11.8. The van der Waals surface area contributed by atoms with Gasteiger partial charge in [-0.3, -0.25) is 9.78 Å². The van der Waals surface area contributed by atoms with Crippen molar-refractivity contribution in [2.45, 2.75) is 24.8 Å². The van der Waals surface area contributed by atoms with E-state index in [2.05, 4.69) is 10.1 Å². The number of anilines is 1. The molecule has 0 fully saturated rings. The average molecular weight is 393 g/mol. The summed E-state index contributed by atoms with van der Waals surface area (Å²) in [5, 5.41) is 2.37. The number of rotatable bonds is 6. The van der Waals surface area contributed by atoms with Gasteiger partial charge >= 0.3 is 6.18 Å². The molecule has 1 atom stereocenters. The number of carbonyl (C=O) groups is 1. The molecule has 10 heteroatoms. The molecular weight excluding hydrogens is 377 g/mol. The summed E-state index contributed by atoms with van der Waals surface area (Å²) in [6.07, 6.45) is 0.873. The van der Waals surface area contributed by atoms with Crippen LogP contribution in [0.3, 0.4) is 0 Å². The Kier molecular flexibility index (Phi) is 6.34. The van der Waals surface area contributed by atoms with E-state index < -0.39 is 23.8 Å². The van der Waals surface area contributed by atoms with Crippen LogP contribution in [0.2, 0.25) is 5.15 Å². The van der Waals surface area contributed by atoms with E-state index in [4.69, 9.17) is 11.6 Å². The molecule has 5 nitrogen and oxygen atoms in total. The van der Waals surface area contributed by atoms with Gasteiger partial charge in [0.2, 0.25) is 5.91 Å². The number of amides is 1. The van der Waals surface area contributed by atoms with Crippen LogP contribution >= 0.6 is 23.4 Å². The molecule has 2 aromatic rings. The maximum atomic E-state index is 12.9. The average Bonchev–Trinajstić information content (AvgIpc) is 2.95. The van der Waals surface area contributed by atoms with E-state index in [1.807, 2.05) is 0 Å². The number of nitrogens with zero attached hydrogens (tertiary/aromatic N) is 4. The predicted octanol–water partition coefficient (Wildman–Crippen LogP) is 3.96. The monoisotopic (exact) mass is 392 g/mol. The molecule has 0 saturated carbocycles. The van der Waals surface area contributed by atoms with Crippen molar-refractivity contribution in [3.05, 3.63) is 35.9 Å². The molecule has 0 saturated heterocycles. The molecule has 0 aliphatic rings. The number of halogens is 4. The van der Waals surface area contributed by atoms with Crippen LogP contribution in [0.4, 0.5) is 18.9 Å². The highest BCUT2D eigenvalue weighted by Crippen LogP contribution is 2.33. The fourth-order valence-corrected chi connectivity index (χ4v) is 3.04. The number of carbonyl (C=O) groups excluding carboxylic acids is 1. The molecule has 0 aliphatic carbocycles. The fourth-order valence-electron chi connectivity index (χ4n) is 2.23. The topological polar surface area (TPSA) is 51.0 Å². The summed E-state index contributed by atoms with van der Waals surface area (Å²) in [5.74, 6) is -0.660. The highest BCUT2D eigenvalue weighted by Gasteiger charge is 2.41. The number of alkyl halides is 3. The van der Waals surface area contributed by atoms with Gasteiger partial charge in [-0.2, -0.15) is 30.0 Å². The quantitative estimate of drug-likeness (QED) is 0.746. The Balaban J connectivity index is 2.26. The van der Waals surface area contributed by atoms with Crippen LogP contribution in [-0.2, 0) is 4.79 Å². The summed E-state index contributed by atoms with van der Waals surface area (Å²) < 4.78 is 40.2. The Bertz CT molecular complexity index is 723. The summed E-state index contributed by atoms with van der Waals surface area (Å²) in [7, 11) is 0. The van der Waals surface area contributed by atoms with Crippen molar-refractivity contribution in [1.82, 2.24) is 14.8 Å². The smallest absolute Gasteiger partial charge is 0.308 e. The molecule has 136 valence electrons. The summed E-state index contributed by atoms with van der Waals surface area (Å²) in [4.78, 5) is 17.6. The third-order valence-corrected chi connectivity index (χ3v) is 4.75. The largest absolute Gasteiger partial charge is 0.401 e. The zero-order valence-electron chi connectivity index (χ0n) is 13.5. The van der Waals surface area contributed by atoms with Crippen LogP contribution < -0.4 is 4.90 Å². The van der Waals surface area contributed by atoms with E-state index in [0.29, 0.717) is 17.4 Å². The van der Waals surface area contributed by atoms with Gasteiger partial charge in [0.1, 0.15) is 10.9 Å². The van der Waals surface area contributed by atoms with E-state index >= 15 is 0 Å². The van der Waals surface area contributed by atoms with E-state index in [0.717, 1.165) is 0 Å². The number of hydrogen-bond acceptors (Lipinski definition) is 4. The van der Waals surface area contributed by atoms with Crippen LogP contribution in [0, 0.1) is 0 Å². The molecule has 0 bridgehead atoms. The van der Waals surface area contributed by atoms with Gasteiger partial charge in [0.15, 0.2) is 5.15 Å². The molecule has 2 heterocycles. The van der Waals surface area contributed by atoms with E-state index in [9.17, 15) is 18.0 Å². The number of hydrogen-bond donors (Lipinski definition) is 0.